The van der Waals surface area contributed by atoms with Crippen molar-refractivity contribution in [3.63, 3.8) is 0 Å². The van der Waals surface area contributed by atoms with Crippen LogP contribution in [-0.4, -0.2) is 0 Å². The first-order chi connectivity index (χ1) is 25.3. The third-order valence-electron chi connectivity index (χ3n) is 11.0. The fourth-order valence-electron chi connectivity index (χ4n) is 7.51. The van der Waals surface area contributed by atoms with Crippen LogP contribution < -0.4 is 36.6 Å². The van der Waals surface area contributed by atoms with Crippen LogP contribution in [0.25, 0.3) is 0 Å². The maximum Gasteiger partial charge on any atom is 0.139 e. The second-order valence-corrected chi connectivity index (χ2v) is 19.5. The summed E-state index contributed by atoms with van der Waals surface area (Å²) in [6.07, 6.45) is 4.62. The highest BCUT2D eigenvalue weighted by Gasteiger charge is 2.39. The largest absolute Gasteiger partial charge is 0.455 e. The first-order valence-corrected chi connectivity index (χ1v) is 21.8. The molecule has 52 heavy (non-hydrogen) atoms. The van der Waals surface area contributed by atoms with Gasteiger partial charge in [0, 0.05) is 27.2 Å². The smallest absolute Gasteiger partial charge is 0.139 e. The summed E-state index contributed by atoms with van der Waals surface area (Å²) < 4.78 is 7.44. The fraction of sp³-hybridized carbons (Fsp3) is 0.265. The van der Waals surface area contributed by atoms with Gasteiger partial charge in [-0.3, -0.25) is 0 Å². The van der Waals surface area contributed by atoms with Crippen molar-refractivity contribution in [1.82, 2.24) is 0 Å². The zero-order valence-corrected chi connectivity index (χ0v) is 33.4. The maximum absolute atomic E-state index is 7.44. The lowest BCUT2D eigenvalue weighted by atomic mass is 9.76. The van der Waals surface area contributed by atoms with Gasteiger partial charge in [0.15, 0.2) is 0 Å². The van der Waals surface area contributed by atoms with Crippen LogP contribution in [0.4, 0.5) is 0 Å². The molecule has 0 radical (unpaired) electrons. The minimum atomic E-state index is -0.873. The molecule has 6 aromatic rings. The van der Waals surface area contributed by atoms with Gasteiger partial charge in [-0.1, -0.05) is 200 Å². The summed E-state index contributed by atoms with van der Waals surface area (Å²) in [5.74, 6) is 3.41. The summed E-state index contributed by atoms with van der Waals surface area (Å²) in [6, 6.07) is 54.8. The van der Waals surface area contributed by atoms with Crippen LogP contribution >= 0.6 is 15.8 Å². The molecule has 0 N–H and O–H groups in total. The number of benzene rings is 6. The molecule has 0 spiro atoms. The zero-order valence-electron chi connectivity index (χ0n) is 31.6. The maximum atomic E-state index is 7.44. The molecule has 0 saturated heterocycles. The molecular formula is C49H52OP2. The van der Waals surface area contributed by atoms with Gasteiger partial charge >= 0.3 is 0 Å². The number of hydrogen-bond acceptors (Lipinski definition) is 1. The van der Waals surface area contributed by atoms with Crippen molar-refractivity contribution in [3.05, 3.63) is 168 Å². The monoisotopic (exact) mass is 718 g/mol. The minimum Gasteiger partial charge on any atom is -0.455 e. The van der Waals surface area contributed by atoms with E-state index in [1.54, 1.807) is 0 Å². The number of para-hydroxylation sites is 2. The highest BCUT2D eigenvalue weighted by atomic mass is 31.1. The van der Waals surface area contributed by atoms with Crippen LogP contribution in [-0.2, 0) is 18.3 Å². The summed E-state index contributed by atoms with van der Waals surface area (Å²) in [5, 5.41) is 7.94. The lowest BCUT2D eigenvalue weighted by molar-refractivity contribution is 0.425. The van der Waals surface area contributed by atoms with Crippen LogP contribution in [0.5, 0.6) is 11.5 Å². The molecule has 0 amide bonds. The van der Waals surface area contributed by atoms with Crippen molar-refractivity contribution >= 4 is 47.7 Å². The van der Waals surface area contributed by atoms with E-state index in [0.29, 0.717) is 11.8 Å². The molecule has 4 atom stereocenters. The summed E-state index contributed by atoms with van der Waals surface area (Å²) in [6.45, 7) is 14.0. The summed E-state index contributed by atoms with van der Waals surface area (Å²) in [5.41, 5.74) is 5.09. The molecular weight excluding hydrogens is 666 g/mol. The average molecular weight is 719 g/mol. The van der Waals surface area contributed by atoms with Crippen molar-refractivity contribution in [1.29, 1.82) is 0 Å². The first-order valence-electron chi connectivity index (χ1n) is 19.1. The molecule has 264 valence electrons. The Labute approximate surface area is 315 Å². The normalized spacial score (nSPS) is 15.4. The molecule has 0 fully saturated rings. The van der Waals surface area contributed by atoms with E-state index in [9.17, 15) is 0 Å². The van der Waals surface area contributed by atoms with Gasteiger partial charge < -0.3 is 4.74 Å². The van der Waals surface area contributed by atoms with E-state index >= 15 is 0 Å². The summed E-state index contributed by atoms with van der Waals surface area (Å²) >= 11 is 0. The number of hydrogen-bond donors (Lipinski definition) is 0. The molecule has 1 aliphatic heterocycles. The average Bonchev–Trinajstić information content (AvgIpc) is 3.17. The molecule has 1 nitrogen and oxygen atoms in total. The first kappa shape index (κ1) is 36.3. The third-order valence-corrected chi connectivity index (χ3v) is 15.9. The van der Waals surface area contributed by atoms with Crippen molar-refractivity contribution in [3.8, 4) is 11.5 Å². The molecule has 0 bridgehead atoms. The molecule has 3 heteroatoms. The van der Waals surface area contributed by atoms with Gasteiger partial charge in [-0.25, -0.2) is 0 Å². The van der Waals surface area contributed by atoms with Crippen LogP contribution in [0.1, 0.15) is 76.6 Å². The molecule has 0 aliphatic carbocycles. The lowest BCUT2D eigenvalue weighted by Crippen LogP contribution is -2.32. The minimum absolute atomic E-state index is 0.245. The van der Waals surface area contributed by atoms with Gasteiger partial charge in [-0.05, 0) is 72.9 Å². The van der Waals surface area contributed by atoms with Crippen LogP contribution in [0.15, 0.2) is 146 Å². The molecule has 7 rings (SSSR count). The number of fused-ring (bicyclic) bond motifs is 2. The second kappa shape index (κ2) is 15.9. The molecule has 1 heterocycles. The Bertz CT molecular complexity index is 1930. The Morgan fingerprint density at radius 3 is 1.19 bits per heavy atom. The standard InChI is InChI=1S/C49H52OP2/c1-7-35(3)33-37-25-29-41(30-26-37)51(39-17-11-9-12-18-39)45-23-15-21-43-47(45)50-48-44(49(43,5)6)22-16-24-46(48)52(40-19-13-10-14-20-40)42-31-27-38(28-32-42)34-36(4)8-2/h9-32,35-36H,7-8,33-34H2,1-6H3/t35-,36-,51-,52-/m0/s1. The zero-order chi connectivity index (χ0) is 36.2. The number of ether oxygens (including phenoxy) is 1. The van der Waals surface area contributed by atoms with E-state index in [1.807, 2.05) is 0 Å². The topological polar surface area (TPSA) is 9.23 Å². The van der Waals surface area contributed by atoms with Gasteiger partial charge in [-0.15, -0.1) is 0 Å². The Hall–Kier alpha value is -4.02. The Morgan fingerprint density at radius 1 is 0.462 bits per heavy atom. The summed E-state index contributed by atoms with van der Waals surface area (Å²) in [4.78, 5) is 0. The van der Waals surface area contributed by atoms with Crippen molar-refractivity contribution in [2.75, 3.05) is 0 Å². The molecule has 6 aromatic carbocycles. The highest BCUT2D eigenvalue weighted by Crippen LogP contribution is 2.52. The van der Waals surface area contributed by atoms with Crippen LogP contribution in [0.3, 0.4) is 0 Å². The second-order valence-electron chi connectivity index (χ2n) is 15.1. The van der Waals surface area contributed by atoms with E-state index in [-0.39, 0.29) is 5.41 Å². The predicted molar refractivity (Wildman–Crippen MR) is 229 cm³/mol. The Balaban J connectivity index is 1.36. The molecule has 0 saturated carbocycles. The van der Waals surface area contributed by atoms with Crippen molar-refractivity contribution in [2.24, 2.45) is 11.8 Å². The predicted octanol–water partition coefficient (Wildman–Crippen LogP) is 10.8. The highest BCUT2D eigenvalue weighted by molar-refractivity contribution is 7.80. The van der Waals surface area contributed by atoms with Crippen molar-refractivity contribution < 1.29 is 4.74 Å². The van der Waals surface area contributed by atoms with Crippen LogP contribution in [0.2, 0.25) is 0 Å². The van der Waals surface area contributed by atoms with Crippen LogP contribution in [0, 0.1) is 11.8 Å². The molecule has 0 unspecified atom stereocenters. The van der Waals surface area contributed by atoms with Gasteiger partial charge in [0.2, 0.25) is 0 Å². The van der Waals surface area contributed by atoms with Gasteiger partial charge in [0.25, 0.3) is 0 Å². The molecule has 1 aliphatic rings. The van der Waals surface area contributed by atoms with E-state index in [4.69, 9.17) is 4.74 Å². The van der Waals surface area contributed by atoms with E-state index in [0.717, 1.165) is 24.3 Å². The number of rotatable bonds is 12. The van der Waals surface area contributed by atoms with E-state index in [1.165, 1.54) is 66.9 Å². The lowest BCUT2D eigenvalue weighted by Gasteiger charge is -2.38. The van der Waals surface area contributed by atoms with Gasteiger partial charge in [0.1, 0.15) is 11.5 Å². The molecule has 0 aromatic heterocycles. The Kier molecular flexibility index (Phi) is 11.1. The van der Waals surface area contributed by atoms with E-state index in [2.05, 4.69) is 187 Å². The van der Waals surface area contributed by atoms with Gasteiger partial charge in [-0.2, -0.15) is 0 Å². The quantitative estimate of drug-likeness (QED) is 0.115. The Morgan fingerprint density at radius 2 is 0.827 bits per heavy atom. The third kappa shape index (κ3) is 7.42. The van der Waals surface area contributed by atoms with Crippen molar-refractivity contribution in [2.45, 2.75) is 72.6 Å². The SMILES string of the molecule is CC[C@H](C)Cc1ccc([P@](c2ccccc2)c2cccc3c2Oc2c([P@@](c4ccccc4)c4ccc(C[C@@H](C)CC)cc4)cccc2C3(C)C)cc1. The summed E-state index contributed by atoms with van der Waals surface area (Å²) in [7, 11) is -1.75. The van der Waals surface area contributed by atoms with E-state index < -0.39 is 15.8 Å². The fourth-order valence-corrected chi connectivity index (χ4v) is 12.3. The van der Waals surface area contributed by atoms with Gasteiger partial charge in [0.05, 0.1) is 0 Å².